The van der Waals surface area contributed by atoms with Crippen molar-refractivity contribution >= 4 is 34.2 Å². The Kier molecular flexibility index (Phi) is 3.72. The van der Waals surface area contributed by atoms with Crippen LogP contribution in [0.1, 0.15) is 13.8 Å². The number of rotatable bonds is 4. The minimum atomic E-state index is -0.311. The molecule has 0 amide bonds. The molecule has 0 fully saturated rings. The Morgan fingerprint density at radius 2 is 1.96 bits per heavy atom. The predicted octanol–water partition coefficient (Wildman–Crippen LogP) is 2.67. The Labute approximate surface area is 145 Å². The van der Waals surface area contributed by atoms with E-state index >= 15 is 0 Å². The van der Waals surface area contributed by atoms with Gasteiger partial charge in [0.2, 0.25) is 0 Å². The second kappa shape index (κ2) is 5.92. The Balaban J connectivity index is 1.82. The van der Waals surface area contributed by atoms with Gasteiger partial charge in [0.1, 0.15) is 17.9 Å². The largest absolute Gasteiger partial charge is 0.299 e. The lowest BCUT2D eigenvalue weighted by Crippen LogP contribution is -2.08. The summed E-state index contributed by atoms with van der Waals surface area (Å²) < 4.78 is 16.5. The van der Waals surface area contributed by atoms with Gasteiger partial charge < -0.3 is 0 Å². The number of carbonyl (C=O) groups is 1. The van der Waals surface area contributed by atoms with Crippen molar-refractivity contribution in [2.45, 2.75) is 24.3 Å². The van der Waals surface area contributed by atoms with Gasteiger partial charge in [0.05, 0.1) is 22.5 Å². The van der Waals surface area contributed by atoms with E-state index in [-0.39, 0.29) is 16.9 Å². The highest BCUT2D eigenvalue weighted by Crippen LogP contribution is 2.26. The molecule has 126 valence electrons. The fraction of sp³-hybridized carbons (Fsp3) is 0.188. The summed E-state index contributed by atoms with van der Waals surface area (Å²) in [5.41, 5.74) is 1.91. The molecular formula is C16H13FN6OS. The molecule has 0 N–H and O–H groups in total. The van der Waals surface area contributed by atoms with E-state index in [1.807, 2.05) is 6.92 Å². The summed E-state index contributed by atoms with van der Waals surface area (Å²) in [6.45, 7) is 3.37. The number of carbonyl (C=O) groups excluding carboxylic acids is 1. The molecule has 0 spiro atoms. The molecule has 7 nitrogen and oxygen atoms in total. The molecule has 1 atom stereocenters. The summed E-state index contributed by atoms with van der Waals surface area (Å²) in [7, 11) is 0. The summed E-state index contributed by atoms with van der Waals surface area (Å²) in [5.74, 6) is -0.241. The second-order valence-electron chi connectivity index (χ2n) is 5.56. The number of benzene rings is 1. The zero-order valence-electron chi connectivity index (χ0n) is 13.4. The molecule has 0 aliphatic rings. The van der Waals surface area contributed by atoms with Gasteiger partial charge >= 0.3 is 0 Å². The molecule has 0 aliphatic carbocycles. The van der Waals surface area contributed by atoms with Crippen LogP contribution >= 0.6 is 11.8 Å². The van der Waals surface area contributed by atoms with Gasteiger partial charge in [0.15, 0.2) is 16.5 Å². The summed E-state index contributed by atoms with van der Waals surface area (Å²) in [6.07, 6.45) is 3.26. The van der Waals surface area contributed by atoms with E-state index in [9.17, 15) is 9.18 Å². The van der Waals surface area contributed by atoms with E-state index in [0.717, 1.165) is 5.39 Å². The monoisotopic (exact) mass is 356 g/mol. The molecule has 3 aromatic heterocycles. The van der Waals surface area contributed by atoms with Crippen LogP contribution in [0.5, 0.6) is 0 Å². The number of halogens is 1. The highest BCUT2D eigenvalue weighted by atomic mass is 32.2. The van der Waals surface area contributed by atoms with Gasteiger partial charge in [0.25, 0.3) is 0 Å². The van der Waals surface area contributed by atoms with Crippen molar-refractivity contribution < 1.29 is 9.18 Å². The molecule has 0 aliphatic heterocycles. The molecule has 9 heteroatoms. The van der Waals surface area contributed by atoms with E-state index in [4.69, 9.17) is 0 Å². The van der Waals surface area contributed by atoms with Crippen molar-refractivity contribution in [2.75, 3.05) is 0 Å². The van der Waals surface area contributed by atoms with Gasteiger partial charge in [-0.15, -0.1) is 10.2 Å². The molecule has 4 rings (SSSR count). The topological polar surface area (TPSA) is 78.0 Å². The van der Waals surface area contributed by atoms with Crippen molar-refractivity contribution in [1.82, 2.24) is 29.4 Å². The highest BCUT2D eigenvalue weighted by Gasteiger charge is 2.18. The number of ketones is 1. The van der Waals surface area contributed by atoms with Crippen molar-refractivity contribution in [2.24, 2.45) is 0 Å². The molecule has 25 heavy (non-hydrogen) atoms. The van der Waals surface area contributed by atoms with Crippen LogP contribution in [0.3, 0.4) is 0 Å². The molecule has 1 aromatic carbocycles. The number of aromatic nitrogens is 6. The van der Waals surface area contributed by atoms with Crippen LogP contribution in [0.4, 0.5) is 4.39 Å². The number of hydrogen-bond acceptors (Lipinski definition) is 6. The highest BCUT2D eigenvalue weighted by molar-refractivity contribution is 8.00. The maximum atomic E-state index is 13.1. The van der Waals surface area contributed by atoms with Crippen LogP contribution in [0.2, 0.25) is 0 Å². The minimum absolute atomic E-state index is 0.0694. The fourth-order valence-corrected chi connectivity index (χ4v) is 3.21. The van der Waals surface area contributed by atoms with Gasteiger partial charge in [-0.2, -0.15) is 5.10 Å². The van der Waals surface area contributed by atoms with Crippen LogP contribution in [0.25, 0.3) is 22.4 Å². The molecule has 3 heterocycles. The number of thioether (sulfide) groups is 1. The molecule has 4 aromatic rings. The predicted molar refractivity (Wildman–Crippen MR) is 91.4 cm³/mol. The smallest absolute Gasteiger partial charge is 0.197 e. The summed E-state index contributed by atoms with van der Waals surface area (Å²) in [4.78, 5) is 15.9. The quantitative estimate of drug-likeness (QED) is 0.523. The first-order chi connectivity index (χ1) is 12.0. The zero-order chi connectivity index (χ0) is 17.6. The number of hydrogen-bond donors (Lipinski definition) is 0. The van der Waals surface area contributed by atoms with E-state index in [2.05, 4.69) is 20.3 Å². The van der Waals surface area contributed by atoms with Crippen molar-refractivity contribution in [1.29, 1.82) is 0 Å². The van der Waals surface area contributed by atoms with Crippen LogP contribution in [0, 0.1) is 5.82 Å². The third-order valence-corrected chi connectivity index (χ3v) is 5.05. The number of nitrogens with zero attached hydrogens (tertiary/aromatic N) is 6. The van der Waals surface area contributed by atoms with Crippen LogP contribution in [-0.2, 0) is 4.79 Å². The van der Waals surface area contributed by atoms with Gasteiger partial charge in [-0.25, -0.2) is 14.1 Å². The Hall–Kier alpha value is -2.81. The molecular weight excluding hydrogens is 343 g/mol. The Morgan fingerprint density at radius 1 is 1.20 bits per heavy atom. The van der Waals surface area contributed by atoms with E-state index in [0.29, 0.717) is 22.1 Å². The van der Waals surface area contributed by atoms with E-state index < -0.39 is 0 Å². The van der Waals surface area contributed by atoms with Crippen LogP contribution in [-0.4, -0.2) is 40.4 Å². The lowest BCUT2D eigenvalue weighted by atomic mass is 10.3. The third-order valence-electron chi connectivity index (χ3n) is 3.87. The van der Waals surface area contributed by atoms with Crippen molar-refractivity contribution in [3.63, 3.8) is 0 Å². The second-order valence-corrected chi connectivity index (χ2v) is 6.87. The van der Waals surface area contributed by atoms with E-state index in [1.165, 1.54) is 23.9 Å². The van der Waals surface area contributed by atoms with Crippen LogP contribution in [0.15, 0.2) is 41.9 Å². The molecule has 0 bridgehead atoms. The minimum Gasteiger partial charge on any atom is -0.299 e. The zero-order valence-corrected chi connectivity index (χ0v) is 14.2. The van der Waals surface area contributed by atoms with Gasteiger partial charge in [-0.1, -0.05) is 11.8 Å². The van der Waals surface area contributed by atoms with Gasteiger partial charge in [0, 0.05) is 0 Å². The maximum absolute atomic E-state index is 13.1. The Bertz CT molecular complexity index is 1090. The number of Topliss-reactive ketones (excluding diaryl/α,β-unsaturated/α-hetero) is 1. The normalized spacial score (nSPS) is 12.8. The van der Waals surface area contributed by atoms with E-state index in [1.54, 1.807) is 40.7 Å². The lowest BCUT2D eigenvalue weighted by Gasteiger charge is -2.05. The molecule has 0 saturated carbocycles. The number of fused-ring (bicyclic) bond motifs is 3. The Morgan fingerprint density at radius 3 is 2.68 bits per heavy atom. The third kappa shape index (κ3) is 2.66. The van der Waals surface area contributed by atoms with Gasteiger partial charge in [-0.3, -0.25) is 9.20 Å². The molecule has 1 unspecified atom stereocenters. The fourth-order valence-electron chi connectivity index (χ4n) is 2.39. The average Bonchev–Trinajstić information content (AvgIpc) is 3.19. The maximum Gasteiger partial charge on any atom is 0.197 e. The first-order valence-corrected chi connectivity index (χ1v) is 8.43. The molecule has 0 radical (unpaired) electrons. The lowest BCUT2D eigenvalue weighted by molar-refractivity contribution is -0.116. The van der Waals surface area contributed by atoms with Crippen molar-refractivity contribution in [3.8, 4) is 5.69 Å². The average molecular weight is 356 g/mol. The standard InChI is InChI=1S/C16H13FN6OS/c1-9(24)10(2)25-16-21-20-15-13-7-19-23(14(13)18-8-22(15)16)12-5-3-11(17)4-6-12/h3-8,10H,1-2H3. The van der Waals surface area contributed by atoms with Crippen LogP contribution < -0.4 is 0 Å². The molecule has 0 saturated heterocycles. The summed E-state index contributed by atoms with van der Waals surface area (Å²) >= 11 is 1.33. The van der Waals surface area contributed by atoms with Gasteiger partial charge in [-0.05, 0) is 38.1 Å². The first kappa shape index (κ1) is 15.7. The SMILES string of the molecule is CC(=O)C(C)Sc1nnc2c3cnn(-c4ccc(F)cc4)c3ncn12. The summed E-state index contributed by atoms with van der Waals surface area (Å²) in [5, 5.41) is 13.8. The summed E-state index contributed by atoms with van der Waals surface area (Å²) in [6, 6.07) is 6.01. The van der Waals surface area contributed by atoms with Crippen molar-refractivity contribution in [3.05, 3.63) is 42.6 Å². The first-order valence-electron chi connectivity index (χ1n) is 7.55.